The van der Waals surface area contributed by atoms with Gasteiger partial charge in [0.25, 0.3) is 0 Å². The highest BCUT2D eigenvalue weighted by atomic mass is 32.2. The highest BCUT2D eigenvalue weighted by Gasteiger charge is 2.19. The second kappa shape index (κ2) is 8.26. The molecule has 0 N–H and O–H groups in total. The van der Waals surface area contributed by atoms with Gasteiger partial charge in [0.1, 0.15) is 0 Å². The van der Waals surface area contributed by atoms with Crippen molar-refractivity contribution in [3.05, 3.63) is 71.3 Å². The van der Waals surface area contributed by atoms with Gasteiger partial charge in [0.05, 0.1) is 13.2 Å². The van der Waals surface area contributed by atoms with Crippen LogP contribution in [-0.2, 0) is 4.74 Å². The molecule has 1 aliphatic heterocycles. The summed E-state index contributed by atoms with van der Waals surface area (Å²) in [7, 11) is 0. The van der Waals surface area contributed by atoms with Crippen molar-refractivity contribution in [2.45, 2.75) is 11.3 Å². The first-order valence-electron chi connectivity index (χ1n) is 9.30. The largest absolute Gasteiger partial charge is 0.379 e. The smallest absolute Gasteiger partial charge is 0.0594 e. The number of hydrogen-bond acceptors (Lipinski definition) is 3. The van der Waals surface area contributed by atoms with Crippen LogP contribution in [0.15, 0.2) is 59.5 Å². The summed E-state index contributed by atoms with van der Waals surface area (Å²) in [4.78, 5) is 3.82. The first-order chi connectivity index (χ1) is 12.8. The van der Waals surface area contributed by atoms with Crippen LogP contribution in [0.1, 0.15) is 23.1 Å². The van der Waals surface area contributed by atoms with E-state index in [-0.39, 0.29) is 0 Å². The minimum Gasteiger partial charge on any atom is -0.379 e. The average molecular weight is 364 g/mol. The van der Waals surface area contributed by atoms with Crippen molar-refractivity contribution in [3.8, 4) is 0 Å². The van der Waals surface area contributed by atoms with Crippen LogP contribution < -0.4 is 0 Å². The zero-order chi connectivity index (χ0) is 17.8. The van der Waals surface area contributed by atoms with Gasteiger partial charge in [-0.1, -0.05) is 42.5 Å². The van der Waals surface area contributed by atoms with Crippen molar-refractivity contribution in [2.24, 2.45) is 0 Å². The lowest BCUT2D eigenvalue weighted by Crippen LogP contribution is -2.36. The van der Waals surface area contributed by atoms with E-state index in [2.05, 4.69) is 71.8 Å². The van der Waals surface area contributed by atoms with Crippen LogP contribution in [0.5, 0.6) is 0 Å². The van der Waals surface area contributed by atoms with Crippen LogP contribution in [0.3, 0.4) is 0 Å². The van der Waals surface area contributed by atoms with Crippen LogP contribution in [0.2, 0.25) is 0 Å². The monoisotopic (exact) mass is 363 g/mol. The van der Waals surface area contributed by atoms with Crippen LogP contribution >= 0.6 is 11.8 Å². The van der Waals surface area contributed by atoms with Crippen molar-refractivity contribution in [3.63, 3.8) is 0 Å². The van der Waals surface area contributed by atoms with Gasteiger partial charge in [-0.3, -0.25) is 4.90 Å². The van der Waals surface area contributed by atoms with Gasteiger partial charge in [-0.15, -0.1) is 11.8 Å². The van der Waals surface area contributed by atoms with Crippen LogP contribution in [-0.4, -0.2) is 44.0 Å². The van der Waals surface area contributed by atoms with Gasteiger partial charge in [-0.2, -0.15) is 0 Å². The number of fused-ring (bicyclic) bond motifs is 1. The molecule has 1 fully saturated rings. The third-order valence-corrected chi connectivity index (χ3v) is 5.90. The van der Waals surface area contributed by atoms with Gasteiger partial charge < -0.3 is 4.74 Å². The Morgan fingerprint density at radius 3 is 2.46 bits per heavy atom. The quantitative estimate of drug-likeness (QED) is 0.688. The lowest BCUT2D eigenvalue weighted by atomic mass is 10.0. The number of nitrogens with zero attached hydrogens (tertiary/aromatic N) is 1. The van der Waals surface area contributed by atoms with Crippen LogP contribution in [0, 0.1) is 0 Å². The molecule has 0 spiro atoms. The normalized spacial score (nSPS) is 18.8. The molecule has 1 aliphatic carbocycles. The zero-order valence-corrected chi connectivity index (χ0v) is 16.1. The van der Waals surface area contributed by atoms with Crippen molar-refractivity contribution < 1.29 is 4.74 Å². The fourth-order valence-corrected chi connectivity index (χ4v) is 4.08. The average Bonchev–Trinajstić information content (AvgIpc) is 3.05. The molecule has 4 rings (SSSR count). The molecule has 0 unspecified atom stereocenters. The number of hydrogen-bond donors (Lipinski definition) is 0. The molecule has 0 amide bonds. The minimum atomic E-state index is 0.868. The number of ether oxygens (including phenoxy) is 1. The Kier molecular flexibility index (Phi) is 5.59. The summed E-state index contributed by atoms with van der Waals surface area (Å²) >= 11 is 1.78. The molecule has 0 radical (unpaired) electrons. The second-order valence-corrected chi connectivity index (χ2v) is 7.67. The summed E-state index contributed by atoms with van der Waals surface area (Å²) in [6, 6.07) is 17.6. The Balaban J connectivity index is 1.56. The van der Waals surface area contributed by atoms with Crippen molar-refractivity contribution >= 4 is 29.0 Å². The van der Waals surface area contributed by atoms with E-state index < -0.39 is 0 Å². The number of benzene rings is 2. The molecule has 2 aromatic carbocycles. The summed E-state index contributed by atoms with van der Waals surface area (Å²) in [6.45, 7) is 4.96. The SMILES string of the molecule is CSc1ccc(/C=C2\C=C(CCN3CCOCC3)c3ccccc32)cc1. The first-order valence-corrected chi connectivity index (χ1v) is 10.5. The maximum atomic E-state index is 5.46. The van der Waals surface area contributed by atoms with Crippen molar-refractivity contribution in [2.75, 3.05) is 39.1 Å². The van der Waals surface area contributed by atoms with Gasteiger partial charge in [0, 0.05) is 24.5 Å². The Hall–Kier alpha value is -1.81. The standard InChI is InChI=1S/C23H25NOS/c1-26-21-8-6-18(7-9-21)16-20-17-19(22-4-2-3-5-23(20)22)10-11-24-12-14-25-15-13-24/h2-9,16-17H,10-15H2,1H3/b20-16+. The number of thioether (sulfide) groups is 1. The van der Waals surface area contributed by atoms with Crippen LogP contribution in [0.4, 0.5) is 0 Å². The van der Waals surface area contributed by atoms with E-state index in [1.807, 2.05) is 0 Å². The summed E-state index contributed by atoms with van der Waals surface area (Å²) in [5, 5.41) is 0. The third-order valence-electron chi connectivity index (χ3n) is 5.15. The molecule has 0 aromatic heterocycles. The zero-order valence-electron chi connectivity index (χ0n) is 15.3. The fraction of sp³-hybridized carbons (Fsp3) is 0.304. The topological polar surface area (TPSA) is 12.5 Å². The molecule has 3 heteroatoms. The molecule has 2 aromatic rings. The maximum Gasteiger partial charge on any atom is 0.0594 e. The number of allylic oxidation sites excluding steroid dienone is 2. The molecule has 26 heavy (non-hydrogen) atoms. The van der Waals surface area contributed by atoms with Crippen LogP contribution in [0.25, 0.3) is 17.2 Å². The highest BCUT2D eigenvalue weighted by Crippen LogP contribution is 2.38. The van der Waals surface area contributed by atoms with Gasteiger partial charge in [0.15, 0.2) is 0 Å². The lowest BCUT2D eigenvalue weighted by Gasteiger charge is -2.26. The van der Waals surface area contributed by atoms with E-state index >= 15 is 0 Å². The molecule has 0 bridgehead atoms. The molecule has 0 saturated carbocycles. The molecule has 134 valence electrons. The molecule has 0 atom stereocenters. The van der Waals surface area contributed by atoms with Gasteiger partial charge in [-0.25, -0.2) is 0 Å². The molecule has 2 aliphatic rings. The Morgan fingerprint density at radius 1 is 1.00 bits per heavy atom. The Labute approximate surface area is 160 Å². The van der Waals surface area contributed by atoms with Gasteiger partial charge >= 0.3 is 0 Å². The van der Waals surface area contributed by atoms with E-state index in [1.165, 1.54) is 32.7 Å². The maximum absolute atomic E-state index is 5.46. The number of morpholine rings is 1. The van der Waals surface area contributed by atoms with E-state index in [0.29, 0.717) is 0 Å². The Bertz CT molecular complexity index is 816. The molecule has 1 heterocycles. The van der Waals surface area contributed by atoms with E-state index in [1.54, 1.807) is 11.8 Å². The summed E-state index contributed by atoms with van der Waals surface area (Å²) in [5.41, 5.74) is 6.80. The highest BCUT2D eigenvalue weighted by molar-refractivity contribution is 7.98. The predicted octanol–water partition coefficient (Wildman–Crippen LogP) is 5.07. The summed E-state index contributed by atoms with van der Waals surface area (Å²) in [6.07, 6.45) is 7.90. The number of rotatable bonds is 5. The van der Waals surface area contributed by atoms with E-state index in [4.69, 9.17) is 4.74 Å². The van der Waals surface area contributed by atoms with E-state index in [9.17, 15) is 0 Å². The first kappa shape index (κ1) is 17.6. The molecule has 1 saturated heterocycles. The molecular formula is C23H25NOS. The van der Waals surface area contributed by atoms with E-state index in [0.717, 1.165) is 39.3 Å². The fourth-order valence-electron chi connectivity index (χ4n) is 3.67. The van der Waals surface area contributed by atoms with Gasteiger partial charge in [-0.05, 0) is 58.7 Å². The molecule has 2 nitrogen and oxygen atoms in total. The van der Waals surface area contributed by atoms with Gasteiger partial charge in [0.2, 0.25) is 0 Å². The van der Waals surface area contributed by atoms with Crippen molar-refractivity contribution in [1.29, 1.82) is 0 Å². The lowest BCUT2D eigenvalue weighted by molar-refractivity contribution is 0.0390. The summed E-state index contributed by atoms with van der Waals surface area (Å²) < 4.78 is 5.46. The minimum absolute atomic E-state index is 0.868. The molecular weight excluding hydrogens is 338 g/mol. The second-order valence-electron chi connectivity index (χ2n) is 6.79. The van der Waals surface area contributed by atoms with Crippen molar-refractivity contribution in [1.82, 2.24) is 4.90 Å². The Morgan fingerprint density at radius 2 is 1.73 bits per heavy atom. The summed E-state index contributed by atoms with van der Waals surface area (Å²) in [5.74, 6) is 0. The third kappa shape index (κ3) is 3.96. The predicted molar refractivity (Wildman–Crippen MR) is 112 cm³/mol.